The number of fused-ring (bicyclic) bond motifs is 2. The summed E-state index contributed by atoms with van der Waals surface area (Å²) >= 11 is 0. The van der Waals surface area contributed by atoms with Gasteiger partial charge < -0.3 is 0 Å². The van der Waals surface area contributed by atoms with E-state index >= 15 is 0 Å². The lowest BCUT2D eigenvalue weighted by Crippen LogP contribution is -2.35. The van der Waals surface area contributed by atoms with Crippen molar-refractivity contribution in [3.8, 4) is 0 Å². The third-order valence-electron chi connectivity index (χ3n) is 4.63. The van der Waals surface area contributed by atoms with E-state index in [0.717, 1.165) is 42.1 Å². The molecular formula is C19H22NO. The molecule has 1 aliphatic heterocycles. The highest BCUT2D eigenvalue weighted by Crippen LogP contribution is 2.52. The van der Waals surface area contributed by atoms with E-state index in [9.17, 15) is 5.21 Å². The Morgan fingerprint density at radius 3 is 1.67 bits per heavy atom. The Morgan fingerprint density at radius 1 is 0.810 bits per heavy atom. The quantitative estimate of drug-likeness (QED) is 0.738. The first kappa shape index (κ1) is 14.2. The predicted octanol–water partition coefficient (Wildman–Crippen LogP) is 5.37. The van der Waals surface area contributed by atoms with Crippen LogP contribution in [0.4, 0.5) is 11.4 Å². The summed E-state index contributed by atoms with van der Waals surface area (Å²) < 4.78 is 0. The molecule has 21 heavy (non-hydrogen) atoms. The van der Waals surface area contributed by atoms with Crippen LogP contribution in [-0.4, -0.2) is 0 Å². The van der Waals surface area contributed by atoms with E-state index in [1.165, 1.54) is 11.1 Å². The lowest BCUT2D eigenvalue weighted by Gasteiger charge is -2.43. The van der Waals surface area contributed by atoms with Crippen LogP contribution in [0.3, 0.4) is 0 Å². The number of hydrogen-bond acceptors (Lipinski definition) is 1. The van der Waals surface area contributed by atoms with E-state index in [1.54, 1.807) is 0 Å². The Kier molecular flexibility index (Phi) is 3.73. The van der Waals surface area contributed by atoms with E-state index in [4.69, 9.17) is 0 Å². The first-order chi connectivity index (χ1) is 10.2. The van der Waals surface area contributed by atoms with Gasteiger partial charge >= 0.3 is 0 Å². The van der Waals surface area contributed by atoms with Crippen molar-refractivity contribution in [2.24, 2.45) is 0 Å². The van der Waals surface area contributed by atoms with Crippen molar-refractivity contribution < 1.29 is 5.21 Å². The smallest absolute Gasteiger partial charge is 0.0767 e. The highest BCUT2D eigenvalue weighted by atomic mass is 16.5. The molecular weight excluding hydrogens is 258 g/mol. The highest BCUT2D eigenvalue weighted by Gasteiger charge is 2.41. The summed E-state index contributed by atoms with van der Waals surface area (Å²) in [6.07, 6.45) is 4.40. The fraction of sp³-hybridized carbons (Fsp3) is 0.368. The SMILES string of the molecule is CCCC1(CCC)c2ccccc2N([O])c2ccccc21. The standard InChI is InChI=1S/C19H22NO/c1-3-13-19(14-4-2)15-9-5-7-11-17(15)20(21)18-12-8-6-10-16(18)19/h5-12H,3-4,13-14H2,1-2H3. The van der Waals surface area contributed by atoms with Crippen LogP contribution in [0.1, 0.15) is 50.7 Å². The monoisotopic (exact) mass is 280 g/mol. The molecule has 2 aromatic rings. The second-order valence-electron chi connectivity index (χ2n) is 5.91. The normalized spacial score (nSPS) is 15.5. The molecule has 1 aliphatic rings. The van der Waals surface area contributed by atoms with Gasteiger partial charge in [0.15, 0.2) is 0 Å². The first-order valence-electron chi connectivity index (χ1n) is 7.91. The van der Waals surface area contributed by atoms with Gasteiger partial charge in [0, 0.05) is 5.41 Å². The number of hydrogen-bond donors (Lipinski definition) is 0. The lowest BCUT2D eigenvalue weighted by molar-refractivity contribution is 0.189. The minimum absolute atomic E-state index is 0.0163. The molecule has 0 fully saturated rings. The highest BCUT2D eigenvalue weighted by molar-refractivity contribution is 5.76. The molecule has 0 unspecified atom stereocenters. The number of para-hydroxylation sites is 2. The number of rotatable bonds is 4. The predicted molar refractivity (Wildman–Crippen MR) is 86.3 cm³/mol. The maximum absolute atomic E-state index is 12.7. The van der Waals surface area contributed by atoms with Crippen LogP contribution in [0.5, 0.6) is 0 Å². The summed E-state index contributed by atoms with van der Waals surface area (Å²) in [6.45, 7) is 4.46. The Hall–Kier alpha value is -1.80. The number of nitrogens with zero attached hydrogens (tertiary/aromatic N) is 1. The topological polar surface area (TPSA) is 23.1 Å². The van der Waals surface area contributed by atoms with Gasteiger partial charge in [0.05, 0.1) is 11.4 Å². The fourth-order valence-electron chi connectivity index (χ4n) is 3.90. The Balaban J connectivity index is 2.30. The summed E-state index contributed by atoms with van der Waals surface area (Å²) in [5.74, 6) is 0. The molecule has 0 N–H and O–H groups in total. The Morgan fingerprint density at radius 2 is 1.24 bits per heavy atom. The molecule has 3 rings (SSSR count). The Labute approximate surface area is 127 Å². The molecule has 1 heterocycles. The number of benzene rings is 2. The van der Waals surface area contributed by atoms with Gasteiger partial charge in [-0.3, -0.25) is 0 Å². The third kappa shape index (κ3) is 2.06. The van der Waals surface area contributed by atoms with E-state index < -0.39 is 0 Å². The van der Waals surface area contributed by atoms with Crippen molar-refractivity contribution in [1.29, 1.82) is 0 Å². The second-order valence-corrected chi connectivity index (χ2v) is 5.91. The lowest BCUT2D eigenvalue weighted by atomic mass is 9.66. The van der Waals surface area contributed by atoms with E-state index in [0.29, 0.717) is 0 Å². The van der Waals surface area contributed by atoms with Crippen molar-refractivity contribution >= 4 is 11.4 Å². The molecule has 2 heteroatoms. The van der Waals surface area contributed by atoms with Gasteiger partial charge in [-0.1, -0.05) is 68.3 Å². The van der Waals surface area contributed by atoms with Crippen LogP contribution >= 0.6 is 0 Å². The third-order valence-corrected chi connectivity index (χ3v) is 4.63. The van der Waals surface area contributed by atoms with Crippen LogP contribution in [0.15, 0.2) is 48.5 Å². The zero-order valence-electron chi connectivity index (χ0n) is 12.8. The van der Waals surface area contributed by atoms with Crippen molar-refractivity contribution in [2.45, 2.75) is 44.9 Å². The number of anilines is 2. The van der Waals surface area contributed by atoms with E-state index in [1.807, 2.05) is 24.3 Å². The van der Waals surface area contributed by atoms with Crippen LogP contribution in [0.2, 0.25) is 0 Å². The van der Waals surface area contributed by atoms with Gasteiger partial charge in [-0.05, 0) is 36.1 Å². The minimum atomic E-state index is -0.0163. The zero-order valence-corrected chi connectivity index (χ0v) is 12.8. The first-order valence-corrected chi connectivity index (χ1v) is 7.91. The van der Waals surface area contributed by atoms with Crippen molar-refractivity contribution in [3.05, 3.63) is 59.7 Å². The maximum atomic E-state index is 12.7. The van der Waals surface area contributed by atoms with Crippen LogP contribution in [0, 0.1) is 0 Å². The maximum Gasteiger partial charge on any atom is 0.0767 e. The van der Waals surface area contributed by atoms with Gasteiger partial charge in [0.1, 0.15) is 0 Å². The van der Waals surface area contributed by atoms with Gasteiger partial charge in [-0.25, -0.2) is 0 Å². The summed E-state index contributed by atoms with van der Waals surface area (Å²) in [5.41, 5.74) is 4.01. The summed E-state index contributed by atoms with van der Waals surface area (Å²) in [7, 11) is 0. The summed E-state index contributed by atoms with van der Waals surface area (Å²) in [5, 5.41) is 13.8. The van der Waals surface area contributed by atoms with Crippen molar-refractivity contribution in [3.63, 3.8) is 0 Å². The average Bonchev–Trinajstić information content (AvgIpc) is 2.53. The molecule has 0 bridgehead atoms. The summed E-state index contributed by atoms with van der Waals surface area (Å²) in [4.78, 5) is 0. The van der Waals surface area contributed by atoms with Crippen LogP contribution in [-0.2, 0) is 10.6 Å². The molecule has 0 aromatic heterocycles. The van der Waals surface area contributed by atoms with Crippen molar-refractivity contribution in [2.75, 3.05) is 5.06 Å². The van der Waals surface area contributed by atoms with Crippen molar-refractivity contribution in [1.82, 2.24) is 0 Å². The molecule has 0 spiro atoms. The molecule has 2 nitrogen and oxygen atoms in total. The van der Waals surface area contributed by atoms with Gasteiger partial charge in [-0.2, -0.15) is 5.06 Å². The molecule has 0 saturated heterocycles. The van der Waals surface area contributed by atoms with Gasteiger partial charge in [0.25, 0.3) is 0 Å². The Bertz CT molecular complexity index is 579. The molecule has 0 saturated carbocycles. The second kappa shape index (κ2) is 5.53. The minimum Gasteiger partial charge on any atom is -0.188 e. The van der Waals surface area contributed by atoms with E-state index in [2.05, 4.69) is 38.1 Å². The van der Waals surface area contributed by atoms with Crippen LogP contribution < -0.4 is 5.06 Å². The molecule has 1 radical (unpaired) electrons. The zero-order chi connectivity index (χ0) is 14.9. The van der Waals surface area contributed by atoms with Gasteiger partial charge in [-0.15, -0.1) is 0 Å². The molecule has 0 amide bonds. The fourth-order valence-corrected chi connectivity index (χ4v) is 3.90. The molecule has 0 atom stereocenters. The van der Waals surface area contributed by atoms with E-state index in [-0.39, 0.29) is 5.41 Å². The molecule has 2 aromatic carbocycles. The summed E-state index contributed by atoms with van der Waals surface area (Å²) in [6, 6.07) is 16.2. The van der Waals surface area contributed by atoms with Gasteiger partial charge in [0.2, 0.25) is 0 Å². The average molecular weight is 280 g/mol. The largest absolute Gasteiger partial charge is 0.188 e. The van der Waals surface area contributed by atoms with Crippen LogP contribution in [0.25, 0.3) is 0 Å². The molecule has 0 aliphatic carbocycles. The molecule has 109 valence electrons.